The molecule has 0 spiro atoms. The molecule has 0 aromatic rings. The SMILES string of the molecule is C.CCC1=C2C=CC3=CC(C)=CN4CN(C=C1)C2C34.CCC1=CN2C(C=C1)C1=CC=CC3C4C=CC(C)=CN4C2N13.CCC1=CN2CN3C(C(=O)NC)=CC=CC3C2C=C1. The summed E-state index contributed by atoms with van der Waals surface area (Å²) in [7, 11) is 1.68. The van der Waals surface area contributed by atoms with Crippen molar-refractivity contribution in [2.75, 3.05) is 20.4 Å². The molecule has 9 nitrogen and oxygen atoms in total. The summed E-state index contributed by atoms with van der Waals surface area (Å²) in [5.74, 6) is -0.0159. The van der Waals surface area contributed by atoms with Gasteiger partial charge in [-0.15, -0.1) is 0 Å². The van der Waals surface area contributed by atoms with Crippen molar-refractivity contribution in [3.05, 3.63) is 179 Å². The van der Waals surface area contributed by atoms with Crippen LogP contribution in [0, 0.1) is 0 Å². The Morgan fingerprint density at radius 3 is 2.25 bits per heavy atom. The fourth-order valence-electron chi connectivity index (χ4n) is 11.0. The summed E-state index contributed by atoms with van der Waals surface area (Å²) >= 11 is 0. The molecule has 0 radical (unpaired) electrons. The summed E-state index contributed by atoms with van der Waals surface area (Å²) < 4.78 is 0. The van der Waals surface area contributed by atoms with Gasteiger partial charge < -0.3 is 39.6 Å². The number of allylic oxidation sites excluding steroid dienone is 14. The van der Waals surface area contributed by atoms with E-state index in [1.807, 2.05) is 12.2 Å². The molecule has 1 amide bonds. The zero-order valence-corrected chi connectivity index (χ0v) is 35.3. The smallest absolute Gasteiger partial charge is 0.267 e. The Morgan fingerprint density at radius 2 is 1.45 bits per heavy atom. The highest BCUT2D eigenvalue weighted by Gasteiger charge is 2.55. The van der Waals surface area contributed by atoms with Gasteiger partial charge in [-0.2, -0.15) is 0 Å². The van der Waals surface area contributed by atoms with Gasteiger partial charge in [0.1, 0.15) is 5.70 Å². The Morgan fingerprint density at radius 1 is 0.683 bits per heavy atom. The minimum Gasteiger partial charge on any atom is -0.354 e. The van der Waals surface area contributed by atoms with Crippen molar-refractivity contribution in [1.29, 1.82) is 0 Å². The van der Waals surface area contributed by atoms with E-state index in [-0.39, 0.29) is 19.4 Å². The molecule has 1 N–H and O–H groups in total. The lowest BCUT2D eigenvalue weighted by Gasteiger charge is -2.37. The predicted molar refractivity (Wildman–Crippen MR) is 244 cm³/mol. The van der Waals surface area contributed by atoms with Crippen LogP contribution in [0.25, 0.3) is 0 Å². The van der Waals surface area contributed by atoms with Gasteiger partial charge in [-0.3, -0.25) is 4.79 Å². The van der Waals surface area contributed by atoms with Crippen LogP contribution in [0.1, 0.15) is 61.3 Å². The Balaban J connectivity index is 0.000000115. The van der Waals surface area contributed by atoms with Crippen molar-refractivity contribution in [1.82, 2.24) is 39.6 Å². The summed E-state index contributed by atoms with van der Waals surface area (Å²) in [6, 6.07) is 2.92. The van der Waals surface area contributed by atoms with E-state index in [1.165, 1.54) is 44.7 Å². The molecular formula is C51H62N8O. The van der Waals surface area contributed by atoms with Gasteiger partial charge in [0.05, 0.1) is 55.6 Å². The number of carbonyl (C=O) groups is 1. The summed E-state index contributed by atoms with van der Waals surface area (Å²) in [6.07, 6.45) is 51.0. The third-order valence-electron chi connectivity index (χ3n) is 13.8. The lowest BCUT2D eigenvalue weighted by atomic mass is 9.81. The first kappa shape index (κ1) is 39.6. The maximum atomic E-state index is 11.9. The van der Waals surface area contributed by atoms with E-state index in [4.69, 9.17) is 0 Å². The Bertz CT molecular complexity index is 2280. The molecule has 0 bridgehead atoms. The first-order valence-electron chi connectivity index (χ1n) is 21.8. The minimum absolute atomic E-state index is 0. The van der Waals surface area contributed by atoms with Gasteiger partial charge in [-0.1, -0.05) is 107 Å². The number of likely N-dealkylation sites (N-methyl/N-ethyl adjacent to an activating group) is 1. The van der Waals surface area contributed by atoms with Crippen molar-refractivity contribution in [2.24, 2.45) is 0 Å². The second kappa shape index (κ2) is 15.6. The average molecular weight is 803 g/mol. The molecule has 8 unspecified atom stereocenters. The number of carbonyl (C=O) groups excluding carboxylic acids is 1. The van der Waals surface area contributed by atoms with Crippen LogP contribution in [0.3, 0.4) is 0 Å². The Labute approximate surface area is 358 Å². The highest BCUT2D eigenvalue weighted by Crippen LogP contribution is 2.47. The lowest BCUT2D eigenvalue weighted by Crippen LogP contribution is -2.45. The van der Waals surface area contributed by atoms with Crippen LogP contribution in [0.15, 0.2) is 179 Å². The van der Waals surface area contributed by atoms with Crippen molar-refractivity contribution in [2.45, 2.75) is 110 Å². The number of hydrogen-bond acceptors (Lipinski definition) is 8. The van der Waals surface area contributed by atoms with Gasteiger partial charge in [0.25, 0.3) is 5.91 Å². The van der Waals surface area contributed by atoms with E-state index in [9.17, 15) is 4.79 Å². The third kappa shape index (κ3) is 6.31. The van der Waals surface area contributed by atoms with E-state index >= 15 is 0 Å². The molecule has 60 heavy (non-hydrogen) atoms. The largest absolute Gasteiger partial charge is 0.354 e. The molecular weight excluding hydrogens is 741 g/mol. The molecule has 11 heterocycles. The van der Waals surface area contributed by atoms with Crippen LogP contribution in [-0.2, 0) is 4.79 Å². The van der Waals surface area contributed by atoms with Crippen LogP contribution >= 0.6 is 0 Å². The van der Waals surface area contributed by atoms with E-state index in [0.29, 0.717) is 42.5 Å². The topological polar surface area (TPSA) is 51.8 Å². The molecule has 0 aromatic carbocycles. The summed E-state index contributed by atoms with van der Waals surface area (Å²) in [4.78, 5) is 29.1. The fourth-order valence-corrected chi connectivity index (χ4v) is 11.0. The van der Waals surface area contributed by atoms with Crippen LogP contribution < -0.4 is 5.32 Å². The van der Waals surface area contributed by atoms with Crippen LogP contribution in [-0.4, -0.2) is 109 Å². The van der Waals surface area contributed by atoms with E-state index in [2.05, 4.69) is 190 Å². The molecule has 12 rings (SSSR count). The van der Waals surface area contributed by atoms with Gasteiger partial charge in [-0.05, 0) is 90.3 Å². The van der Waals surface area contributed by atoms with Gasteiger partial charge in [-0.25, -0.2) is 0 Å². The normalized spacial score (nSPS) is 31.8. The molecule has 0 saturated carbocycles. The summed E-state index contributed by atoms with van der Waals surface area (Å²) in [5.41, 5.74) is 12.1. The average Bonchev–Trinajstić information content (AvgIpc) is 4.02. The molecule has 4 fully saturated rings. The maximum Gasteiger partial charge on any atom is 0.267 e. The molecule has 312 valence electrons. The van der Waals surface area contributed by atoms with Gasteiger partial charge in [0.15, 0.2) is 6.29 Å². The highest BCUT2D eigenvalue weighted by atomic mass is 16.2. The number of nitrogens with zero attached hydrogens (tertiary/aromatic N) is 7. The quantitative estimate of drug-likeness (QED) is 0.307. The van der Waals surface area contributed by atoms with Gasteiger partial charge in [0, 0.05) is 43.7 Å². The third-order valence-corrected chi connectivity index (χ3v) is 13.8. The van der Waals surface area contributed by atoms with Crippen LogP contribution in [0.5, 0.6) is 0 Å². The Kier molecular flexibility index (Phi) is 10.3. The molecule has 0 aromatic heterocycles. The van der Waals surface area contributed by atoms with E-state index < -0.39 is 0 Å². The van der Waals surface area contributed by atoms with Crippen molar-refractivity contribution in [3.8, 4) is 0 Å². The fraction of sp³-hybridized carbons (Fsp3) is 0.392. The van der Waals surface area contributed by atoms with Crippen LogP contribution in [0.2, 0.25) is 0 Å². The second-order valence-corrected chi connectivity index (χ2v) is 17.3. The number of nitrogens with one attached hydrogen (secondary N) is 1. The molecule has 4 saturated heterocycles. The highest BCUT2D eigenvalue weighted by molar-refractivity contribution is 5.93. The van der Waals surface area contributed by atoms with Crippen molar-refractivity contribution < 1.29 is 4.79 Å². The summed E-state index contributed by atoms with van der Waals surface area (Å²) in [6.45, 7) is 12.8. The summed E-state index contributed by atoms with van der Waals surface area (Å²) in [5, 5.41) is 2.71. The number of amides is 1. The van der Waals surface area contributed by atoms with Gasteiger partial charge in [0.2, 0.25) is 0 Å². The molecule has 12 aliphatic rings. The molecule has 9 heteroatoms. The van der Waals surface area contributed by atoms with Gasteiger partial charge >= 0.3 is 0 Å². The molecule has 11 aliphatic heterocycles. The number of fused-ring (bicyclic) bond motifs is 9. The van der Waals surface area contributed by atoms with Crippen molar-refractivity contribution in [3.63, 3.8) is 0 Å². The zero-order chi connectivity index (χ0) is 40.5. The first-order valence-corrected chi connectivity index (χ1v) is 21.8. The zero-order valence-electron chi connectivity index (χ0n) is 35.3. The lowest BCUT2D eigenvalue weighted by molar-refractivity contribution is -0.118. The van der Waals surface area contributed by atoms with Crippen molar-refractivity contribution >= 4 is 5.91 Å². The predicted octanol–water partition coefficient (Wildman–Crippen LogP) is 8.04. The Hall–Kier alpha value is -5.83. The molecule has 1 aliphatic carbocycles. The second-order valence-electron chi connectivity index (χ2n) is 17.3. The standard InChI is InChI=1S/C19H21N3.C16H18N2.C15H19N3O.CH4/c1-3-14-8-10-16-18-6-4-5-17-15-9-7-13(2)11-20(15)19(22(17)18)21(16)12-14;1-3-12-6-7-17-10-18-9-11(2)8-13-4-5-14(12)16(17)15(13)18;1-3-11-7-8-12-13-5-4-6-14(15(19)16-2)18(13)10-17(12)9-11;/h4-12,15-17,19H,3H2,1-2H3;4-9,15-16H,3,10H2,1-2H3;4-9,12-13H,3,10H2,1-2H3,(H,16,19);1H4. The monoisotopic (exact) mass is 803 g/mol. The number of hydrogen-bond donors (Lipinski definition) is 1. The van der Waals surface area contributed by atoms with E-state index in [1.54, 1.807) is 7.05 Å². The molecule has 8 atom stereocenters. The van der Waals surface area contributed by atoms with Crippen LogP contribution in [0.4, 0.5) is 0 Å². The number of rotatable bonds is 4. The van der Waals surface area contributed by atoms with E-state index in [0.717, 1.165) is 38.3 Å². The minimum atomic E-state index is -0.0159. The first-order chi connectivity index (χ1) is 28.8. The maximum absolute atomic E-state index is 11.9.